The van der Waals surface area contributed by atoms with Crippen LogP contribution in [0.15, 0.2) is 42.5 Å². The van der Waals surface area contributed by atoms with Crippen LogP contribution in [0.4, 0.5) is 5.69 Å². The molecule has 0 aromatic heterocycles. The smallest absolute Gasteiger partial charge is 0.188 e. The average molecular weight is 354 g/mol. The molecule has 2 heterocycles. The summed E-state index contributed by atoms with van der Waals surface area (Å²) in [6.45, 7) is 4.26. The van der Waals surface area contributed by atoms with E-state index in [1.807, 2.05) is 18.2 Å². The number of anilines is 1. The van der Waals surface area contributed by atoms with Crippen LogP contribution in [0.5, 0.6) is 11.5 Å². The van der Waals surface area contributed by atoms with Crippen LogP contribution in [0.1, 0.15) is 37.4 Å². The van der Waals surface area contributed by atoms with Gasteiger partial charge in [0.05, 0.1) is 18.8 Å². The van der Waals surface area contributed by atoms with Crippen LogP contribution in [-0.2, 0) is 6.42 Å². The second kappa shape index (κ2) is 5.92. The molecule has 1 N–H and O–H groups in total. The highest BCUT2D eigenvalue weighted by Crippen LogP contribution is 2.49. The molecule has 2 aromatic carbocycles. The standard InChI is InChI=1S/C20H22N2O2S/c1-4-13-8-5-6-10-16(13)22-19(25)21-15-12-20(22,2)24-18-14(15)9-7-11-17(18)23-3/h5-11,15H,4,12H2,1-3H3,(H,21,25)/t15-,20+/m0/s1. The molecule has 2 bridgehead atoms. The van der Waals surface area contributed by atoms with E-state index in [1.54, 1.807) is 7.11 Å². The SMILES string of the molecule is CCc1ccccc1N1C(=S)N[C@H]2C[C@@]1(C)Oc1c(OC)cccc12. The van der Waals surface area contributed by atoms with E-state index < -0.39 is 5.72 Å². The third kappa shape index (κ3) is 2.45. The molecule has 0 unspecified atom stereocenters. The second-order valence-electron chi connectivity index (χ2n) is 6.68. The number of nitrogens with zero attached hydrogens (tertiary/aromatic N) is 1. The lowest BCUT2D eigenvalue weighted by Crippen LogP contribution is -2.65. The van der Waals surface area contributed by atoms with Crippen LogP contribution in [0, 0.1) is 0 Å². The van der Waals surface area contributed by atoms with Gasteiger partial charge in [0.2, 0.25) is 0 Å². The number of rotatable bonds is 3. The van der Waals surface area contributed by atoms with Gasteiger partial charge in [-0.15, -0.1) is 0 Å². The predicted molar refractivity (Wildman–Crippen MR) is 103 cm³/mol. The first-order valence-corrected chi connectivity index (χ1v) is 9.02. The number of benzene rings is 2. The molecule has 4 rings (SSSR count). The number of hydrogen-bond acceptors (Lipinski definition) is 3. The van der Waals surface area contributed by atoms with Gasteiger partial charge in [-0.1, -0.05) is 37.3 Å². The first kappa shape index (κ1) is 16.2. The normalized spacial score (nSPS) is 24.2. The molecule has 0 spiro atoms. The van der Waals surface area contributed by atoms with Crippen LogP contribution < -0.4 is 19.7 Å². The maximum atomic E-state index is 6.52. The summed E-state index contributed by atoms with van der Waals surface area (Å²) < 4.78 is 12.1. The van der Waals surface area contributed by atoms with E-state index in [2.05, 4.69) is 48.3 Å². The third-order valence-electron chi connectivity index (χ3n) is 5.10. The zero-order chi connectivity index (χ0) is 17.6. The molecule has 1 saturated heterocycles. The van der Waals surface area contributed by atoms with Gasteiger partial charge in [0, 0.05) is 12.0 Å². The number of methoxy groups -OCH3 is 1. The number of ether oxygens (including phenoxy) is 2. The molecule has 4 nitrogen and oxygen atoms in total. The van der Waals surface area contributed by atoms with Gasteiger partial charge in [0.15, 0.2) is 22.3 Å². The molecule has 0 amide bonds. The van der Waals surface area contributed by atoms with Crippen molar-refractivity contribution in [3.05, 3.63) is 53.6 Å². The molecule has 2 atom stereocenters. The Balaban J connectivity index is 1.84. The summed E-state index contributed by atoms with van der Waals surface area (Å²) in [5.74, 6) is 1.56. The number of hydrogen-bond donors (Lipinski definition) is 1. The Morgan fingerprint density at radius 2 is 2.08 bits per heavy atom. The maximum Gasteiger partial charge on any atom is 0.188 e. The van der Waals surface area contributed by atoms with Crippen molar-refractivity contribution in [1.29, 1.82) is 0 Å². The summed E-state index contributed by atoms with van der Waals surface area (Å²) in [6, 6.07) is 14.5. The van der Waals surface area contributed by atoms with Gasteiger partial charge < -0.3 is 14.8 Å². The Kier molecular flexibility index (Phi) is 3.84. The Morgan fingerprint density at radius 1 is 1.28 bits per heavy atom. The van der Waals surface area contributed by atoms with Gasteiger partial charge in [-0.3, -0.25) is 4.90 Å². The number of nitrogens with one attached hydrogen (secondary N) is 1. The Bertz CT molecular complexity index is 838. The first-order chi connectivity index (χ1) is 12.1. The van der Waals surface area contributed by atoms with E-state index in [4.69, 9.17) is 21.7 Å². The van der Waals surface area contributed by atoms with Crippen molar-refractivity contribution < 1.29 is 9.47 Å². The van der Waals surface area contributed by atoms with E-state index in [0.29, 0.717) is 5.11 Å². The minimum atomic E-state index is -0.556. The van der Waals surface area contributed by atoms with Gasteiger partial charge in [-0.2, -0.15) is 0 Å². The lowest BCUT2D eigenvalue weighted by atomic mass is 9.89. The van der Waals surface area contributed by atoms with Crippen molar-refractivity contribution in [2.45, 2.75) is 38.5 Å². The molecule has 1 fully saturated rings. The number of para-hydroxylation sites is 2. The molecule has 0 radical (unpaired) electrons. The zero-order valence-corrected chi connectivity index (χ0v) is 15.5. The van der Waals surface area contributed by atoms with Gasteiger partial charge in [0.1, 0.15) is 0 Å². The van der Waals surface area contributed by atoms with Crippen molar-refractivity contribution in [2.75, 3.05) is 12.0 Å². The van der Waals surface area contributed by atoms with E-state index in [0.717, 1.165) is 35.6 Å². The molecular weight excluding hydrogens is 332 g/mol. The largest absolute Gasteiger partial charge is 0.493 e. The van der Waals surface area contributed by atoms with E-state index in [9.17, 15) is 0 Å². The average Bonchev–Trinajstić information content (AvgIpc) is 2.61. The lowest BCUT2D eigenvalue weighted by Gasteiger charge is -2.52. The van der Waals surface area contributed by atoms with Crippen molar-refractivity contribution in [3.63, 3.8) is 0 Å². The van der Waals surface area contributed by atoms with Crippen LogP contribution in [0.25, 0.3) is 0 Å². The Morgan fingerprint density at radius 3 is 2.84 bits per heavy atom. The van der Waals surface area contributed by atoms with Crippen molar-refractivity contribution >= 4 is 23.0 Å². The Labute approximate surface area is 153 Å². The molecule has 2 aliphatic rings. The molecule has 2 aromatic rings. The molecule has 5 heteroatoms. The third-order valence-corrected chi connectivity index (χ3v) is 5.40. The zero-order valence-electron chi connectivity index (χ0n) is 14.7. The van der Waals surface area contributed by atoms with E-state index in [1.165, 1.54) is 5.56 Å². The monoisotopic (exact) mass is 354 g/mol. The van der Waals surface area contributed by atoms with Crippen LogP contribution >= 0.6 is 12.2 Å². The molecule has 0 aliphatic carbocycles. The van der Waals surface area contributed by atoms with Crippen LogP contribution in [0.2, 0.25) is 0 Å². The first-order valence-electron chi connectivity index (χ1n) is 8.62. The number of thiocarbonyl (C=S) groups is 1. The van der Waals surface area contributed by atoms with Gasteiger partial charge in [-0.25, -0.2) is 0 Å². The van der Waals surface area contributed by atoms with E-state index in [-0.39, 0.29) is 6.04 Å². The minimum Gasteiger partial charge on any atom is -0.493 e. The quantitative estimate of drug-likeness (QED) is 0.836. The molecule has 0 saturated carbocycles. The molecule has 25 heavy (non-hydrogen) atoms. The lowest BCUT2D eigenvalue weighted by molar-refractivity contribution is 0.0463. The Hall–Kier alpha value is -2.27. The van der Waals surface area contributed by atoms with Gasteiger partial charge >= 0.3 is 0 Å². The second-order valence-corrected chi connectivity index (χ2v) is 7.07. The number of fused-ring (bicyclic) bond motifs is 4. The van der Waals surface area contributed by atoms with E-state index >= 15 is 0 Å². The maximum absolute atomic E-state index is 6.52. The fraction of sp³-hybridized carbons (Fsp3) is 0.350. The summed E-state index contributed by atoms with van der Waals surface area (Å²) in [6.07, 6.45) is 1.75. The minimum absolute atomic E-state index is 0.126. The highest BCUT2D eigenvalue weighted by molar-refractivity contribution is 7.80. The molecular formula is C20H22N2O2S. The van der Waals surface area contributed by atoms with Crippen LogP contribution in [0.3, 0.4) is 0 Å². The van der Waals surface area contributed by atoms with Gasteiger partial charge in [-0.05, 0) is 43.3 Å². The molecule has 2 aliphatic heterocycles. The summed E-state index contributed by atoms with van der Waals surface area (Å²) in [4.78, 5) is 2.12. The summed E-state index contributed by atoms with van der Waals surface area (Å²) >= 11 is 5.74. The fourth-order valence-corrected chi connectivity index (χ4v) is 4.35. The van der Waals surface area contributed by atoms with Gasteiger partial charge in [0.25, 0.3) is 0 Å². The fourth-order valence-electron chi connectivity index (χ4n) is 3.91. The highest BCUT2D eigenvalue weighted by Gasteiger charge is 2.49. The summed E-state index contributed by atoms with van der Waals surface area (Å²) in [7, 11) is 1.67. The molecule has 130 valence electrons. The van der Waals surface area contributed by atoms with Crippen molar-refractivity contribution in [3.8, 4) is 11.5 Å². The number of aryl methyl sites for hydroxylation is 1. The summed E-state index contributed by atoms with van der Waals surface area (Å²) in [5, 5.41) is 4.20. The predicted octanol–water partition coefficient (Wildman–Crippen LogP) is 4.19. The van der Waals surface area contributed by atoms with Crippen molar-refractivity contribution in [2.24, 2.45) is 0 Å². The topological polar surface area (TPSA) is 33.7 Å². The van der Waals surface area contributed by atoms with Crippen LogP contribution in [-0.4, -0.2) is 17.9 Å². The van der Waals surface area contributed by atoms with Crippen molar-refractivity contribution in [1.82, 2.24) is 5.32 Å². The summed E-state index contributed by atoms with van der Waals surface area (Å²) in [5.41, 5.74) is 2.89. The highest BCUT2D eigenvalue weighted by atomic mass is 32.1.